The Hall–Kier alpha value is -2.53. The second-order valence-corrected chi connectivity index (χ2v) is 13.4. The third-order valence-corrected chi connectivity index (χ3v) is 10.5. The number of sulfonamides is 1. The highest BCUT2D eigenvalue weighted by atomic mass is 32.2. The number of benzene rings is 2. The first-order chi connectivity index (χ1) is 19.7. The summed E-state index contributed by atoms with van der Waals surface area (Å²) >= 11 is 0. The third kappa shape index (κ3) is 8.28. The molecule has 41 heavy (non-hydrogen) atoms. The Morgan fingerprint density at radius 2 is 1.73 bits per heavy atom. The molecule has 1 aliphatic heterocycles. The van der Waals surface area contributed by atoms with Gasteiger partial charge in [-0.1, -0.05) is 25.0 Å². The van der Waals surface area contributed by atoms with Crippen LogP contribution in [0.15, 0.2) is 53.4 Å². The van der Waals surface area contributed by atoms with Crippen molar-refractivity contribution in [2.75, 3.05) is 47.5 Å². The first-order valence-electron chi connectivity index (χ1n) is 14.6. The zero-order valence-electron chi connectivity index (χ0n) is 24.4. The fourth-order valence-electron chi connectivity index (χ4n) is 6.37. The average molecular weight is 590 g/mol. The SMILES string of the molecule is COc1ccc(S(=O)(=O)N2CCCC2COCC(=O)NCCC2CCC(C(c3ccc(F)cc3)N(C)C)CC2)cc1. The summed E-state index contributed by atoms with van der Waals surface area (Å²) in [5, 5.41) is 2.97. The molecule has 1 saturated heterocycles. The van der Waals surface area contributed by atoms with Crippen LogP contribution >= 0.6 is 0 Å². The van der Waals surface area contributed by atoms with Crippen molar-refractivity contribution in [3.05, 3.63) is 59.9 Å². The van der Waals surface area contributed by atoms with Crippen LogP contribution in [-0.2, 0) is 19.6 Å². The molecule has 4 rings (SSSR count). The van der Waals surface area contributed by atoms with E-state index in [-0.39, 0.29) is 41.9 Å². The van der Waals surface area contributed by atoms with Gasteiger partial charge in [-0.25, -0.2) is 12.8 Å². The number of amides is 1. The zero-order valence-corrected chi connectivity index (χ0v) is 25.2. The van der Waals surface area contributed by atoms with Crippen molar-refractivity contribution < 1.29 is 27.1 Å². The highest BCUT2D eigenvalue weighted by molar-refractivity contribution is 7.89. The molecule has 2 fully saturated rings. The van der Waals surface area contributed by atoms with Crippen molar-refractivity contribution in [1.29, 1.82) is 0 Å². The maximum absolute atomic E-state index is 13.4. The summed E-state index contributed by atoms with van der Waals surface area (Å²) in [6.07, 6.45) is 6.84. The molecule has 1 N–H and O–H groups in total. The molecule has 2 atom stereocenters. The minimum Gasteiger partial charge on any atom is -0.497 e. The van der Waals surface area contributed by atoms with Crippen molar-refractivity contribution in [1.82, 2.24) is 14.5 Å². The summed E-state index contributed by atoms with van der Waals surface area (Å²) in [6, 6.07) is 13.2. The second-order valence-electron chi connectivity index (χ2n) is 11.5. The summed E-state index contributed by atoms with van der Waals surface area (Å²) in [5.74, 6) is 1.31. The molecule has 0 spiro atoms. The Bertz CT molecular complexity index is 1220. The Balaban J connectivity index is 1.15. The molecule has 2 aliphatic rings. The van der Waals surface area contributed by atoms with Gasteiger partial charge < -0.3 is 19.7 Å². The first-order valence-corrected chi connectivity index (χ1v) is 16.0. The Morgan fingerprint density at radius 3 is 2.37 bits per heavy atom. The van der Waals surface area contributed by atoms with E-state index >= 15 is 0 Å². The van der Waals surface area contributed by atoms with E-state index in [0.717, 1.165) is 44.1 Å². The highest BCUT2D eigenvalue weighted by Crippen LogP contribution is 2.40. The predicted molar refractivity (Wildman–Crippen MR) is 157 cm³/mol. The molecule has 1 aliphatic carbocycles. The Kier molecular flexibility index (Phi) is 11.2. The quantitative estimate of drug-likeness (QED) is 0.367. The van der Waals surface area contributed by atoms with Gasteiger partial charge in [0, 0.05) is 25.2 Å². The number of halogens is 1. The van der Waals surface area contributed by atoms with Crippen molar-refractivity contribution in [3.63, 3.8) is 0 Å². The molecule has 0 bridgehead atoms. The largest absolute Gasteiger partial charge is 0.497 e. The van der Waals surface area contributed by atoms with Crippen LogP contribution in [0, 0.1) is 17.7 Å². The van der Waals surface area contributed by atoms with Gasteiger partial charge >= 0.3 is 0 Å². The van der Waals surface area contributed by atoms with E-state index in [1.54, 1.807) is 24.3 Å². The predicted octanol–water partition coefficient (Wildman–Crippen LogP) is 4.62. The lowest BCUT2D eigenvalue weighted by Crippen LogP contribution is -2.39. The van der Waals surface area contributed by atoms with Gasteiger partial charge in [0.25, 0.3) is 0 Å². The lowest BCUT2D eigenvalue weighted by atomic mass is 9.75. The van der Waals surface area contributed by atoms with Crippen LogP contribution in [-0.4, -0.2) is 77.1 Å². The van der Waals surface area contributed by atoms with Crippen molar-refractivity contribution in [2.24, 2.45) is 11.8 Å². The second kappa shape index (κ2) is 14.6. The van der Waals surface area contributed by atoms with Crippen LogP contribution in [0.2, 0.25) is 0 Å². The molecular weight excluding hydrogens is 545 g/mol. The summed E-state index contributed by atoms with van der Waals surface area (Å²) in [4.78, 5) is 14.9. The molecule has 8 nitrogen and oxygen atoms in total. The van der Waals surface area contributed by atoms with Crippen LogP contribution in [0.25, 0.3) is 0 Å². The van der Waals surface area contributed by atoms with Gasteiger partial charge in [0.1, 0.15) is 18.2 Å². The summed E-state index contributed by atoms with van der Waals surface area (Å²) in [7, 11) is 2.07. The standard InChI is InChI=1S/C31H44FN3O5S/c1-34(2)31(25-10-12-26(32)13-11-25)24-8-6-23(7-9-24)18-19-33-30(36)22-40-21-27-5-4-20-35(27)41(37,38)29-16-14-28(39-3)15-17-29/h10-17,23-24,27,31H,4-9,18-22H2,1-3H3,(H,33,36). The van der Waals surface area contributed by atoms with E-state index in [0.29, 0.717) is 37.1 Å². The minimum absolute atomic E-state index is 0.0815. The van der Waals surface area contributed by atoms with Gasteiger partial charge in [-0.05, 0) is 100.0 Å². The van der Waals surface area contributed by atoms with E-state index in [1.807, 2.05) is 12.1 Å². The van der Waals surface area contributed by atoms with Gasteiger partial charge in [0.2, 0.25) is 15.9 Å². The number of carbonyl (C=O) groups excluding carboxylic acids is 1. The van der Waals surface area contributed by atoms with Gasteiger partial charge in [-0.3, -0.25) is 4.79 Å². The van der Waals surface area contributed by atoms with Gasteiger partial charge in [-0.2, -0.15) is 4.31 Å². The Morgan fingerprint density at radius 1 is 1.05 bits per heavy atom. The van der Waals surface area contributed by atoms with E-state index < -0.39 is 10.0 Å². The summed E-state index contributed by atoms with van der Waals surface area (Å²) in [5.41, 5.74) is 1.16. The topological polar surface area (TPSA) is 88.2 Å². The average Bonchev–Trinajstić information content (AvgIpc) is 3.44. The highest BCUT2D eigenvalue weighted by Gasteiger charge is 2.35. The number of hydrogen-bond acceptors (Lipinski definition) is 6. The minimum atomic E-state index is -3.64. The molecule has 2 unspecified atom stereocenters. The van der Waals surface area contributed by atoms with Crippen LogP contribution in [0.1, 0.15) is 56.6 Å². The molecule has 0 radical (unpaired) electrons. The maximum Gasteiger partial charge on any atom is 0.245 e. The molecule has 1 heterocycles. The van der Waals surface area contributed by atoms with Crippen molar-refractivity contribution >= 4 is 15.9 Å². The number of carbonyl (C=O) groups is 1. The molecule has 0 aromatic heterocycles. The summed E-state index contributed by atoms with van der Waals surface area (Å²) in [6.45, 7) is 1.15. The number of methoxy groups -OCH3 is 1. The normalized spacial score (nSPS) is 22.5. The first kappa shape index (κ1) is 31.4. The number of ether oxygens (including phenoxy) is 2. The molecule has 226 valence electrons. The zero-order chi connectivity index (χ0) is 29.4. The van der Waals surface area contributed by atoms with E-state index in [9.17, 15) is 17.6 Å². The molecular formula is C31H44FN3O5S. The molecule has 1 saturated carbocycles. The van der Waals surface area contributed by atoms with Gasteiger partial charge in [0.05, 0.1) is 18.6 Å². The fourth-order valence-corrected chi connectivity index (χ4v) is 8.05. The van der Waals surface area contributed by atoms with Crippen LogP contribution in [0.4, 0.5) is 4.39 Å². The molecule has 2 aromatic rings. The van der Waals surface area contributed by atoms with Gasteiger partial charge in [-0.15, -0.1) is 0 Å². The number of nitrogens with one attached hydrogen (secondary N) is 1. The van der Waals surface area contributed by atoms with Crippen LogP contribution < -0.4 is 10.1 Å². The maximum atomic E-state index is 13.4. The van der Waals surface area contributed by atoms with Crippen molar-refractivity contribution in [2.45, 2.75) is 61.9 Å². The molecule has 2 aromatic carbocycles. The van der Waals surface area contributed by atoms with Crippen LogP contribution in [0.3, 0.4) is 0 Å². The van der Waals surface area contributed by atoms with Crippen molar-refractivity contribution in [3.8, 4) is 5.75 Å². The monoisotopic (exact) mass is 589 g/mol. The van der Waals surface area contributed by atoms with E-state index in [2.05, 4.69) is 24.3 Å². The van der Waals surface area contributed by atoms with E-state index in [1.165, 1.54) is 23.5 Å². The Labute approximate surface area is 244 Å². The lowest BCUT2D eigenvalue weighted by molar-refractivity contribution is -0.126. The lowest BCUT2D eigenvalue weighted by Gasteiger charge is -2.37. The number of nitrogens with zero attached hydrogens (tertiary/aromatic N) is 2. The third-order valence-electron chi connectivity index (χ3n) is 8.51. The number of hydrogen-bond donors (Lipinski definition) is 1. The van der Waals surface area contributed by atoms with Crippen LogP contribution in [0.5, 0.6) is 5.75 Å². The molecule has 10 heteroatoms. The van der Waals surface area contributed by atoms with E-state index in [4.69, 9.17) is 9.47 Å². The number of rotatable bonds is 13. The fraction of sp³-hybridized carbons (Fsp3) is 0.581. The molecule has 1 amide bonds. The smallest absolute Gasteiger partial charge is 0.245 e. The summed E-state index contributed by atoms with van der Waals surface area (Å²) < 4.78 is 52.0. The van der Waals surface area contributed by atoms with Gasteiger partial charge in [0.15, 0.2) is 0 Å².